The zero-order valence-electron chi connectivity index (χ0n) is 16.6. The van der Waals surface area contributed by atoms with Crippen LogP contribution >= 0.6 is 0 Å². The fraction of sp³-hybridized carbons (Fsp3) is 0.318. The molecular formula is C22H25N3O4. The maximum atomic E-state index is 12.5. The summed E-state index contributed by atoms with van der Waals surface area (Å²) in [6.07, 6.45) is 0.783. The Hall–Kier alpha value is -3.35. The number of para-hydroxylation sites is 2. The lowest BCUT2D eigenvalue weighted by Gasteiger charge is -2.22. The monoisotopic (exact) mass is 395 g/mol. The predicted octanol–water partition coefficient (Wildman–Crippen LogP) is 2.97. The third-order valence-corrected chi connectivity index (χ3v) is 4.76. The van der Waals surface area contributed by atoms with Gasteiger partial charge in [0, 0.05) is 17.9 Å². The summed E-state index contributed by atoms with van der Waals surface area (Å²) < 4.78 is 5.23. The van der Waals surface area contributed by atoms with Gasteiger partial charge < -0.3 is 20.3 Å². The molecule has 7 nitrogen and oxygen atoms in total. The molecule has 29 heavy (non-hydrogen) atoms. The zero-order chi connectivity index (χ0) is 20.8. The van der Waals surface area contributed by atoms with Gasteiger partial charge in [-0.3, -0.25) is 4.79 Å². The highest BCUT2D eigenvalue weighted by Crippen LogP contribution is 2.27. The van der Waals surface area contributed by atoms with E-state index in [9.17, 15) is 14.4 Å². The van der Waals surface area contributed by atoms with Crippen molar-refractivity contribution >= 4 is 29.3 Å². The molecule has 0 saturated carbocycles. The Morgan fingerprint density at radius 3 is 2.45 bits per heavy atom. The summed E-state index contributed by atoms with van der Waals surface area (Å²) in [5.74, 6) is -1.12. The van der Waals surface area contributed by atoms with Gasteiger partial charge in [-0.05, 0) is 36.1 Å². The van der Waals surface area contributed by atoms with Crippen molar-refractivity contribution in [2.45, 2.75) is 26.3 Å². The summed E-state index contributed by atoms with van der Waals surface area (Å²) in [5, 5.41) is 5.29. The molecule has 0 fully saturated rings. The van der Waals surface area contributed by atoms with E-state index < -0.39 is 18.0 Å². The minimum Gasteiger partial charge on any atom is -0.454 e. The fourth-order valence-corrected chi connectivity index (χ4v) is 3.23. The Bertz CT molecular complexity index is 883. The highest BCUT2D eigenvalue weighted by Gasteiger charge is 2.29. The van der Waals surface area contributed by atoms with Crippen LogP contribution in [0.1, 0.15) is 19.4 Å². The lowest BCUT2D eigenvalue weighted by molar-refractivity contribution is -0.150. The second-order valence-electron chi connectivity index (χ2n) is 7.22. The normalized spacial score (nSPS) is 13.6. The van der Waals surface area contributed by atoms with E-state index in [1.807, 2.05) is 30.3 Å². The van der Waals surface area contributed by atoms with Crippen molar-refractivity contribution in [2.75, 3.05) is 23.4 Å². The van der Waals surface area contributed by atoms with Crippen LogP contribution in [0.3, 0.4) is 0 Å². The van der Waals surface area contributed by atoms with Crippen molar-refractivity contribution < 1.29 is 19.1 Å². The number of benzene rings is 2. The van der Waals surface area contributed by atoms with Crippen molar-refractivity contribution in [3.63, 3.8) is 0 Å². The van der Waals surface area contributed by atoms with Gasteiger partial charge in [0.25, 0.3) is 5.91 Å². The molecule has 0 aliphatic carbocycles. The summed E-state index contributed by atoms with van der Waals surface area (Å²) in [6.45, 7) is 3.81. The summed E-state index contributed by atoms with van der Waals surface area (Å²) in [7, 11) is 0. The molecular weight excluding hydrogens is 370 g/mol. The highest BCUT2D eigenvalue weighted by atomic mass is 16.5. The average Bonchev–Trinajstić information content (AvgIpc) is 3.15. The second-order valence-corrected chi connectivity index (χ2v) is 7.22. The number of carbonyl (C=O) groups is 3. The van der Waals surface area contributed by atoms with Gasteiger partial charge in [-0.1, -0.05) is 50.2 Å². The minimum absolute atomic E-state index is 0.202. The van der Waals surface area contributed by atoms with E-state index in [2.05, 4.69) is 10.6 Å². The molecule has 0 bridgehead atoms. The van der Waals surface area contributed by atoms with Crippen molar-refractivity contribution in [3.8, 4) is 0 Å². The smallest absolute Gasteiger partial charge is 0.329 e. The molecule has 2 aromatic rings. The number of ether oxygens (including phenoxy) is 1. The van der Waals surface area contributed by atoms with Gasteiger partial charge in [0.2, 0.25) is 0 Å². The number of nitrogens with one attached hydrogen (secondary N) is 2. The third kappa shape index (κ3) is 5.13. The van der Waals surface area contributed by atoms with Crippen LogP contribution < -0.4 is 15.5 Å². The first-order valence-corrected chi connectivity index (χ1v) is 9.63. The van der Waals surface area contributed by atoms with Gasteiger partial charge in [-0.2, -0.15) is 0 Å². The van der Waals surface area contributed by atoms with Gasteiger partial charge in [0.05, 0.1) is 0 Å². The van der Waals surface area contributed by atoms with Gasteiger partial charge in [-0.15, -0.1) is 0 Å². The SMILES string of the molecule is CC(C)[C@@H](NC(=O)Nc1ccccc1)C(=O)OCC(=O)N1CCc2ccccc21. The molecule has 0 spiro atoms. The lowest BCUT2D eigenvalue weighted by Crippen LogP contribution is -2.47. The molecule has 1 aliphatic heterocycles. The fourth-order valence-electron chi connectivity index (χ4n) is 3.23. The number of fused-ring (bicyclic) bond motifs is 1. The van der Waals surface area contributed by atoms with E-state index >= 15 is 0 Å². The van der Waals surface area contributed by atoms with E-state index in [0.29, 0.717) is 12.2 Å². The first-order chi connectivity index (χ1) is 14.0. The van der Waals surface area contributed by atoms with Crippen LogP contribution in [0.25, 0.3) is 0 Å². The average molecular weight is 395 g/mol. The summed E-state index contributed by atoms with van der Waals surface area (Å²) in [5.41, 5.74) is 2.57. The van der Waals surface area contributed by atoms with E-state index in [0.717, 1.165) is 17.7 Å². The van der Waals surface area contributed by atoms with Crippen molar-refractivity contribution in [2.24, 2.45) is 5.92 Å². The number of carbonyl (C=O) groups excluding carboxylic acids is 3. The molecule has 1 heterocycles. The van der Waals surface area contributed by atoms with Crippen molar-refractivity contribution in [3.05, 3.63) is 60.2 Å². The number of amides is 3. The number of urea groups is 1. The van der Waals surface area contributed by atoms with Gasteiger partial charge in [-0.25, -0.2) is 9.59 Å². The molecule has 0 unspecified atom stereocenters. The topological polar surface area (TPSA) is 87.7 Å². The molecule has 1 aliphatic rings. The number of hydrogen-bond acceptors (Lipinski definition) is 4. The lowest BCUT2D eigenvalue weighted by atomic mass is 10.1. The summed E-state index contributed by atoms with van der Waals surface area (Å²) >= 11 is 0. The number of esters is 1. The Morgan fingerprint density at radius 2 is 1.72 bits per heavy atom. The summed E-state index contributed by atoms with van der Waals surface area (Å²) in [4.78, 5) is 38.9. The van der Waals surface area contributed by atoms with E-state index in [1.54, 1.807) is 43.0 Å². The van der Waals surface area contributed by atoms with Gasteiger partial charge >= 0.3 is 12.0 Å². The van der Waals surface area contributed by atoms with E-state index in [-0.39, 0.29) is 18.4 Å². The first-order valence-electron chi connectivity index (χ1n) is 9.63. The first kappa shape index (κ1) is 20.4. The summed E-state index contributed by atoms with van der Waals surface area (Å²) in [6, 6.07) is 15.2. The molecule has 0 radical (unpaired) electrons. The minimum atomic E-state index is -0.864. The standard InChI is InChI=1S/C22H25N3O4/c1-15(2)20(24-22(28)23-17-9-4-3-5-10-17)21(27)29-14-19(26)25-13-12-16-8-6-7-11-18(16)25/h3-11,15,20H,12-14H2,1-2H3,(H2,23,24,28)/t20-/m1/s1. The van der Waals surface area contributed by atoms with Crippen LogP contribution in [0.15, 0.2) is 54.6 Å². The third-order valence-electron chi connectivity index (χ3n) is 4.76. The Kier molecular flexibility index (Phi) is 6.49. The quantitative estimate of drug-likeness (QED) is 0.736. The number of hydrogen-bond donors (Lipinski definition) is 2. The number of nitrogens with zero attached hydrogens (tertiary/aromatic N) is 1. The van der Waals surface area contributed by atoms with Gasteiger partial charge in [0.15, 0.2) is 6.61 Å². The highest BCUT2D eigenvalue weighted by molar-refractivity contribution is 5.98. The van der Waals surface area contributed by atoms with Gasteiger partial charge in [0.1, 0.15) is 6.04 Å². The van der Waals surface area contributed by atoms with Crippen LogP contribution in [0.2, 0.25) is 0 Å². The zero-order valence-corrected chi connectivity index (χ0v) is 16.6. The van der Waals surface area contributed by atoms with Crippen LogP contribution in [-0.2, 0) is 20.7 Å². The second kappa shape index (κ2) is 9.23. The van der Waals surface area contributed by atoms with Crippen molar-refractivity contribution in [1.82, 2.24) is 5.32 Å². The van der Waals surface area contributed by atoms with Crippen LogP contribution in [0, 0.1) is 5.92 Å². The van der Waals surface area contributed by atoms with E-state index in [1.165, 1.54) is 0 Å². The largest absolute Gasteiger partial charge is 0.454 e. The molecule has 152 valence electrons. The molecule has 2 N–H and O–H groups in total. The number of rotatable bonds is 6. The molecule has 3 amide bonds. The Morgan fingerprint density at radius 1 is 1.03 bits per heavy atom. The maximum absolute atomic E-state index is 12.5. The Labute approximate surface area is 170 Å². The van der Waals surface area contributed by atoms with Crippen LogP contribution in [-0.4, -0.2) is 37.1 Å². The molecule has 1 atom stereocenters. The maximum Gasteiger partial charge on any atom is 0.329 e. The molecule has 2 aromatic carbocycles. The molecule has 0 aromatic heterocycles. The number of anilines is 2. The van der Waals surface area contributed by atoms with Crippen LogP contribution in [0.4, 0.5) is 16.2 Å². The van der Waals surface area contributed by atoms with E-state index in [4.69, 9.17) is 4.74 Å². The molecule has 3 rings (SSSR count). The molecule has 7 heteroatoms. The Balaban J connectivity index is 1.54. The van der Waals surface area contributed by atoms with Crippen LogP contribution in [0.5, 0.6) is 0 Å². The molecule has 0 saturated heterocycles. The predicted molar refractivity (Wildman–Crippen MR) is 111 cm³/mol. The van der Waals surface area contributed by atoms with Crippen molar-refractivity contribution in [1.29, 1.82) is 0 Å².